The first kappa shape index (κ1) is 31.3. The predicted octanol–water partition coefficient (Wildman–Crippen LogP) is -0.982. The maximum atomic E-state index is 13.9. The van der Waals surface area contributed by atoms with Gasteiger partial charge in [-0.15, -0.1) is 10.1 Å². The highest BCUT2D eigenvalue weighted by molar-refractivity contribution is 6.25. The summed E-state index contributed by atoms with van der Waals surface area (Å²) in [5.74, 6) is -9.55. The van der Waals surface area contributed by atoms with Crippen LogP contribution in [0.3, 0.4) is 0 Å². The van der Waals surface area contributed by atoms with Gasteiger partial charge in [-0.1, -0.05) is 12.1 Å². The van der Waals surface area contributed by atoms with Crippen molar-refractivity contribution in [1.29, 1.82) is 0 Å². The van der Waals surface area contributed by atoms with Crippen LogP contribution in [0.15, 0.2) is 40.9 Å². The summed E-state index contributed by atoms with van der Waals surface area (Å²) in [7, 11) is 2.87. The number of hydrogen-bond donors (Lipinski definition) is 7. The highest BCUT2D eigenvalue weighted by Crippen LogP contribution is 2.56. The molecular formula is C28H34N4O12. The third kappa shape index (κ3) is 4.52. The van der Waals surface area contributed by atoms with E-state index in [1.54, 1.807) is 4.90 Å². The molecule has 0 aromatic heterocycles. The van der Waals surface area contributed by atoms with Crippen molar-refractivity contribution in [2.24, 2.45) is 11.8 Å². The summed E-state index contributed by atoms with van der Waals surface area (Å²) in [4.78, 5) is 59.2. The van der Waals surface area contributed by atoms with Crippen molar-refractivity contribution in [3.63, 3.8) is 0 Å². The number of likely N-dealkylation sites (N-methyl/N-ethyl adjacent to an activating group) is 1. The number of phenols is 1. The van der Waals surface area contributed by atoms with Crippen molar-refractivity contribution in [3.05, 3.63) is 62.1 Å². The second-order valence-electron chi connectivity index (χ2n) is 12.0. The zero-order chi connectivity index (χ0) is 32.5. The van der Waals surface area contributed by atoms with Gasteiger partial charge in [-0.2, -0.15) is 0 Å². The summed E-state index contributed by atoms with van der Waals surface area (Å²) >= 11 is 0. The highest BCUT2D eigenvalue weighted by atomic mass is 17.0. The number of nitrogens with one attached hydrogen (secondary N) is 1. The number of amides is 1. The molecule has 1 unspecified atom stereocenters. The SMILES string of the molecule is CN(C)[C@@H]1C(O)=C(C(=O)NCN2CCC(O[N+](=O)[O-])CC2)C(=O)[C@@]2(O)C(O)=C3C(=O)c4c(O)cccc4C(C)(O)[C@H]3[C@H](O)[C@@H]12. The van der Waals surface area contributed by atoms with Gasteiger partial charge >= 0.3 is 0 Å². The molecule has 0 spiro atoms. The Balaban J connectivity index is 1.53. The van der Waals surface area contributed by atoms with Crippen LogP contribution in [0.1, 0.15) is 35.7 Å². The Labute approximate surface area is 250 Å². The number of phenolic OH excluding ortho intramolecular Hbond substituents is 1. The molecule has 1 aromatic rings. The molecule has 5 rings (SSSR count). The lowest BCUT2D eigenvalue weighted by molar-refractivity contribution is -0.769. The van der Waals surface area contributed by atoms with Gasteiger partial charge in [0.25, 0.3) is 11.0 Å². The predicted molar refractivity (Wildman–Crippen MR) is 147 cm³/mol. The molecule has 0 bridgehead atoms. The molecule has 0 radical (unpaired) electrons. The summed E-state index contributed by atoms with van der Waals surface area (Å²) in [6.45, 7) is 1.72. The van der Waals surface area contributed by atoms with Crippen molar-refractivity contribution in [2.75, 3.05) is 33.9 Å². The van der Waals surface area contributed by atoms with E-state index in [9.17, 15) is 55.1 Å². The number of benzene rings is 1. The number of hydrogen-bond acceptors (Lipinski definition) is 14. The number of fused-ring (bicyclic) bond motifs is 3. The average Bonchev–Trinajstić information content (AvgIpc) is 2.94. The fourth-order valence-electron chi connectivity index (χ4n) is 7.15. The molecule has 1 amide bonds. The second-order valence-corrected chi connectivity index (χ2v) is 12.0. The number of likely N-dealkylation sites (tertiary alicyclic amines) is 1. The molecule has 0 saturated carbocycles. The lowest BCUT2D eigenvalue weighted by Gasteiger charge is -2.55. The van der Waals surface area contributed by atoms with Crippen molar-refractivity contribution in [3.8, 4) is 5.75 Å². The van der Waals surface area contributed by atoms with Gasteiger partial charge in [0.1, 0.15) is 28.9 Å². The molecule has 1 fully saturated rings. The quantitative estimate of drug-likeness (QED) is 0.115. The molecule has 1 saturated heterocycles. The fraction of sp³-hybridized carbons (Fsp3) is 0.536. The molecular weight excluding hydrogens is 584 g/mol. The Kier molecular flexibility index (Phi) is 7.70. The molecule has 16 nitrogen and oxygen atoms in total. The van der Waals surface area contributed by atoms with Gasteiger partial charge in [0.05, 0.1) is 47.4 Å². The average molecular weight is 619 g/mol. The number of carbonyl (C=O) groups is 3. The molecule has 4 aliphatic rings. The number of aromatic hydroxyl groups is 1. The maximum Gasteiger partial charge on any atom is 0.294 e. The van der Waals surface area contributed by atoms with Crippen LogP contribution >= 0.6 is 0 Å². The van der Waals surface area contributed by atoms with Crippen molar-refractivity contribution in [1.82, 2.24) is 15.1 Å². The zero-order valence-electron chi connectivity index (χ0n) is 24.1. The number of Topliss-reactive ketones (excluding diaryl/α,β-unsaturated/α-hetero) is 2. The van der Waals surface area contributed by atoms with E-state index in [0.717, 1.165) is 0 Å². The molecule has 16 heteroatoms. The molecule has 3 aliphatic carbocycles. The number of aliphatic hydroxyl groups is 5. The van der Waals surface area contributed by atoms with Crippen molar-refractivity contribution in [2.45, 2.75) is 49.2 Å². The maximum absolute atomic E-state index is 13.9. The van der Waals surface area contributed by atoms with E-state index in [1.807, 2.05) is 0 Å². The van der Waals surface area contributed by atoms with E-state index < -0.39 is 92.3 Å². The van der Waals surface area contributed by atoms with E-state index >= 15 is 0 Å². The van der Waals surface area contributed by atoms with Crippen LogP contribution in [-0.2, 0) is 20.0 Å². The van der Waals surface area contributed by atoms with Gasteiger partial charge in [-0.25, -0.2) is 0 Å². The van der Waals surface area contributed by atoms with Crippen molar-refractivity contribution < 1.29 is 54.9 Å². The van der Waals surface area contributed by atoms with Gasteiger partial charge in [0.15, 0.2) is 11.4 Å². The summed E-state index contributed by atoms with van der Waals surface area (Å²) in [5.41, 5.74) is -7.25. The van der Waals surface area contributed by atoms with E-state index in [0.29, 0.717) is 25.9 Å². The van der Waals surface area contributed by atoms with Crippen molar-refractivity contribution >= 4 is 17.5 Å². The van der Waals surface area contributed by atoms with E-state index in [1.165, 1.54) is 44.1 Å². The van der Waals surface area contributed by atoms with Crippen LogP contribution < -0.4 is 5.32 Å². The smallest absolute Gasteiger partial charge is 0.294 e. The van der Waals surface area contributed by atoms with Crippen LogP contribution in [-0.4, -0.2) is 121 Å². The number of carbonyl (C=O) groups excluding carboxylic acids is 3. The molecule has 1 aromatic carbocycles. The van der Waals surface area contributed by atoms with Gasteiger partial charge in [0.2, 0.25) is 5.78 Å². The first-order chi connectivity index (χ1) is 20.5. The monoisotopic (exact) mass is 618 g/mol. The van der Waals surface area contributed by atoms with E-state index in [4.69, 9.17) is 0 Å². The van der Waals surface area contributed by atoms with Crippen LogP contribution in [0.2, 0.25) is 0 Å². The minimum atomic E-state index is -3.09. The van der Waals surface area contributed by atoms with Crippen LogP contribution in [0, 0.1) is 22.0 Å². The molecule has 6 atom stereocenters. The molecule has 1 heterocycles. The minimum Gasteiger partial charge on any atom is -0.510 e. The molecule has 1 aliphatic heterocycles. The van der Waals surface area contributed by atoms with Gasteiger partial charge in [0, 0.05) is 13.1 Å². The first-order valence-corrected chi connectivity index (χ1v) is 13.9. The van der Waals surface area contributed by atoms with E-state index in [2.05, 4.69) is 10.2 Å². The highest BCUT2D eigenvalue weighted by Gasteiger charge is 2.69. The number of ketones is 2. The standard InChI is InChI=1S/C28H34N4O12/c1-27(40)13-5-4-6-14(33)15(13)21(34)16-18(27)23(36)19-20(30(2)3)22(35)17(25(38)28(19,41)24(16)37)26(39)29-11-31-9-7-12(8-10-31)44-32(42)43/h4-6,12,18-20,23,33,35-37,40-41H,7-11H2,1-3H3,(H,29,39)/t18-,19-,20+,23+,27?,28+/m1/s1. The zero-order valence-corrected chi connectivity index (χ0v) is 24.1. The Morgan fingerprint density at radius 2 is 1.82 bits per heavy atom. The van der Waals surface area contributed by atoms with Crippen LogP contribution in [0.25, 0.3) is 0 Å². The van der Waals surface area contributed by atoms with Crippen LogP contribution in [0.4, 0.5) is 0 Å². The Bertz CT molecular complexity index is 1490. The topological polar surface area (TPSA) is 243 Å². The lowest BCUT2D eigenvalue weighted by atomic mass is 9.54. The number of nitrogens with zero attached hydrogens (tertiary/aromatic N) is 3. The first-order valence-electron chi connectivity index (χ1n) is 13.9. The number of piperidine rings is 1. The summed E-state index contributed by atoms with van der Waals surface area (Å²) in [5, 5.41) is 80.8. The molecule has 7 N–H and O–H groups in total. The number of aliphatic hydroxyl groups excluding tert-OH is 3. The summed E-state index contributed by atoms with van der Waals surface area (Å²) in [6.07, 6.45) is -1.94. The summed E-state index contributed by atoms with van der Waals surface area (Å²) in [6, 6.07) is 2.46. The Morgan fingerprint density at radius 3 is 2.41 bits per heavy atom. The molecule has 44 heavy (non-hydrogen) atoms. The van der Waals surface area contributed by atoms with Gasteiger partial charge < -0.3 is 40.8 Å². The van der Waals surface area contributed by atoms with E-state index in [-0.39, 0.29) is 17.8 Å². The fourth-order valence-corrected chi connectivity index (χ4v) is 7.15. The minimum absolute atomic E-state index is 0.0501. The normalized spacial score (nSPS) is 32.7. The lowest BCUT2D eigenvalue weighted by Crippen LogP contribution is -2.70. The number of rotatable bonds is 6. The second kappa shape index (κ2) is 10.8. The third-order valence-electron chi connectivity index (χ3n) is 9.25. The van der Waals surface area contributed by atoms with Gasteiger partial charge in [-0.3, -0.25) is 24.2 Å². The summed E-state index contributed by atoms with van der Waals surface area (Å²) < 4.78 is 0. The Hall–Kier alpha value is -4.09. The van der Waals surface area contributed by atoms with Gasteiger partial charge in [-0.05, 0) is 45.5 Å². The third-order valence-corrected chi connectivity index (χ3v) is 9.25. The molecule has 238 valence electrons. The Morgan fingerprint density at radius 1 is 1.18 bits per heavy atom. The largest absolute Gasteiger partial charge is 0.510 e. The van der Waals surface area contributed by atoms with Crippen LogP contribution in [0.5, 0.6) is 5.75 Å².